The van der Waals surface area contributed by atoms with E-state index < -0.39 is 11.9 Å². The third kappa shape index (κ3) is 5.09. The van der Waals surface area contributed by atoms with E-state index in [-0.39, 0.29) is 30.5 Å². The lowest BCUT2D eigenvalue weighted by molar-refractivity contribution is -0.224. The van der Waals surface area contributed by atoms with Crippen molar-refractivity contribution in [2.45, 2.75) is 77.5 Å². The predicted octanol–water partition coefficient (Wildman–Crippen LogP) is 3.93. The minimum absolute atomic E-state index is 0.0971. The van der Waals surface area contributed by atoms with Gasteiger partial charge in [-0.25, -0.2) is 0 Å². The number of Topliss-reactive ketones (excluding diaryl/α,β-unsaturated/α-hetero) is 1. The molecule has 0 amide bonds. The topological polar surface area (TPSA) is 76.0 Å². The van der Waals surface area contributed by atoms with Crippen LogP contribution in [0, 0.1) is 5.92 Å². The van der Waals surface area contributed by atoms with E-state index in [1.54, 1.807) is 0 Å². The summed E-state index contributed by atoms with van der Waals surface area (Å²) in [6.45, 7) is 11.4. The second-order valence-electron chi connectivity index (χ2n) is 9.03. The van der Waals surface area contributed by atoms with Gasteiger partial charge in [-0.2, -0.15) is 0 Å². The number of rotatable bonds is 6. The fourth-order valence-electron chi connectivity index (χ4n) is 4.44. The Morgan fingerprint density at radius 2 is 2.03 bits per heavy atom. The molecule has 5 atom stereocenters. The van der Waals surface area contributed by atoms with Gasteiger partial charge in [-0.1, -0.05) is 29.4 Å². The van der Waals surface area contributed by atoms with Crippen molar-refractivity contribution in [1.82, 2.24) is 0 Å². The number of aliphatic hydroxyl groups is 2. The molecule has 2 aliphatic heterocycles. The number of carbonyl (C=O) groups is 1. The highest BCUT2D eigenvalue weighted by atomic mass is 16.7. The summed E-state index contributed by atoms with van der Waals surface area (Å²) in [7, 11) is 0. The molecule has 5 nitrogen and oxygen atoms in total. The summed E-state index contributed by atoms with van der Waals surface area (Å²) in [5, 5.41) is 19.9. The molecule has 0 aromatic carbocycles. The van der Waals surface area contributed by atoms with Crippen molar-refractivity contribution in [1.29, 1.82) is 0 Å². The molecule has 3 rings (SSSR count). The van der Waals surface area contributed by atoms with E-state index in [0.717, 1.165) is 35.1 Å². The molecule has 2 N–H and O–H groups in total. The lowest BCUT2D eigenvalue weighted by Crippen LogP contribution is -2.49. The van der Waals surface area contributed by atoms with Gasteiger partial charge in [0.1, 0.15) is 0 Å². The number of allylic oxidation sites excluding steroid dienone is 2. The van der Waals surface area contributed by atoms with Crippen LogP contribution in [0.25, 0.3) is 0 Å². The molecule has 0 aromatic heterocycles. The average molecular weight is 415 g/mol. The van der Waals surface area contributed by atoms with Crippen molar-refractivity contribution >= 4 is 5.78 Å². The van der Waals surface area contributed by atoms with Gasteiger partial charge in [-0.3, -0.25) is 4.79 Å². The van der Waals surface area contributed by atoms with E-state index >= 15 is 0 Å². The third-order valence-corrected chi connectivity index (χ3v) is 6.18. The first-order valence-corrected chi connectivity index (χ1v) is 10.7. The van der Waals surface area contributed by atoms with Crippen molar-refractivity contribution < 1.29 is 24.5 Å². The van der Waals surface area contributed by atoms with Crippen LogP contribution in [0.5, 0.6) is 0 Å². The first-order chi connectivity index (χ1) is 14.1. The molecular weight excluding hydrogens is 380 g/mol. The molecule has 5 heteroatoms. The quantitative estimate of drug-likeness (QED) is 0.644. The number of ether oxygens (including phenoxy) is 2. The van der Waals surface area contributed by atoms with E-state index in [2.05, 4.69) is 19.6 Å². The van der Waals surface area contributed by atoms with Gasteiger partial charge in [0, 0.05) is 12.3 Å². The molecular formula is C25H34O5. The van der Waals surface area contributed by atoms with E-state index in [0.29, 0.717) is 18.4 Å². The Morgan fingerprint density at radius 3 is 2.70 bits per heavy atom. The van der Waals surface area contributed by atoms with E-state index in [4.69, 9.17) is 9.47 Å². The Balaban J connectivity index is 1.81. The van der Waals surface area contributed by atoms with Gasteiger partial charge in [0.05, 0.1) is 24.9 Å². The van der Waals surface area contributed by atoms with Gasteiger partial charge in [-0.05, 0) is 76.3 Å². The zero-order valence-electron chi connectivity index (χ0n) is 18.5. The Labute approximate surface area is 179 Å². The van der Waals surface area contributed by atoms with Gasteiger partial charge in [0.15, 0.2) is 5.78 Å². The number of ketones is 1. The zero-order valence-corrected chi connectivity index (χ0v) is 18.5. The number of hydrogen-bond acceptors (Lipinski definition) is 5. The summed E-state index contributed by atoms with van der Waals surface area (Å²) in [5.41, 5.74) is 4.56. The maximum absolute atomic E-state index is 12.1. The predicted molar refractivity (Wildman–Crippen MR) is 117 cm³/mol. The fourth-order valence-corrected chi connectivity index (χ4v) is 4.44. The minimum Gasteiger partial charge on any atom is -0.392 e. The standard InChI is InChI=1S/C25H34O5/c1-15(2)22(27)7-6-16(3)8-20-9-17(4)12-25(29-20)13-19(14-26)21-11-23(28)18(5)10-24(21)30-25/h8,10,12-13,20-22,24,26-27H,1,6-7,9,11,14H2,2-5H3/t20-,21-,22-,24-,25+/m1/s1. The molecule has 164 valence electrons. The highest BCUT2D eigenvalue weighted by molar-refractivity contribution is 5.96. The number of fused-ring (bicyclic) bond motifs is 1. The monoisotopic (exact) mass is 414 g/mol. The van der Waals surface area contributed by atoms with Crippen LogP contribution in [0.4, 0.5) is 0 Å². The van der Waals surface area contributed by atoms with Crippen LogP contribution in [-0.4, -0.2) is 46.7 Å². The van der Waals surface area contributed by atoms with Crippen LogP contribution in [0.2, 0.25) is 0 Å². The summed E-state index contributed by atoms with van der Waals surface area (Å²) in [6, 6.07) is 0. The van der Waals surface area contributed by atoms with Crippen molar-refractivity contribution in [2.24, 2.45) is 5.92 Å². The number of aliphatic hydroxyl groups excluding tert-OH is 2. The Kier molecular flexibility index (Phi) is 6.98. The van der Waals surface area contributed by atoms with Gasteiger partial charge in [-0.15, -0.1) is 0 Å². The van der Waals surface area contributed by atoms with Crippen LogP contribution >= 0.6 is 0 Å². The van der Waals surface area contributed by atoms with Gasteiger partial charge in [0.25, 0.3) is 0 Å². The minimum atomic E-state index is -1.04. The smallest absolute Gasteiger partial charge is 0.209 e. The normalized spacial score (nSPS) is 32.9. The molecule has 3 aliphatic rings. The molecule has 0 fully saturated rings. The van der Waals surface area contributed by atoms with E-state index in [1.165, 1.54) is 0 Å². The third-order valence-electron chi connectivity index (χ3n) is 6.18. The summed E-state index contributed by atoms with van der Waals surface area (Å²) in [5.74, 6) is -1.09. The second-order valence-corrected chi connectivity index (χ2v) is 9.03. The lowest BCUT2D eigenvalue weighted by Gasteiger charge is -2.45. The first-order valence-electron chi connectivity index (χ1n) is 10.7. The van der Waals surface area contributed by atoms with Gasteiger partial charge in [0.2, 0.25) is 5.79 Å². The van der Waals surface area contributed by atoms with Crippen LogP contribution < -0.4 is 0 Å². The van der Waals surface area contributed by atoms with Crippen LogP contribution in [0.15, 0.2) is 58.7 Å². The molecule has 2 heterocycles. The zero-order chi connectivity index (χ0) is 22.1. The SMILES string of the molecule is C=C(C)[C@H](O)CCC(C)=C[C@@H]1CC(C)=C[C@]2(C=C(CO)[C@H]3CC(=O)C(C)=C[C@H]3O2)O1. The molecule has 0 radical (unpaired) electrons. The summed E-state index contributed by atoms with van der Waals surface area (Å²) < 4.78 is 12.8. The Morgan fingerprint density at radius 1 is 1.30 bits per heavy atom. The fraction of sp³-hybridized carbons (Fsp3) is 0.560. The van der Waals surface area contributed by atoms with E-state index in [9.17, 15) is 15.0 Å². The van der Waals surface area contributed by atoms with Crippen LogP contribution in [0.1, 0.15) is 53.4 Å². The highest BCUT2D eigenvalue weighted by Gasteiger charge is 2.45. The molecule has 30 heavy (non-hydrogen) atoms. The molecule has 0 aromatic rings. The number of carbonyl (C=O) groups excluding carboxylic acids is 1. The molecule has 1 aliphatic carbocycles. The molecule has 0 saturated heterocycles. The molecule has 1 spiro atoms. The summed E-state index contributed by atoms with van der Waals surface area (Å²) in [6.07, 6.45) is 9.32. The Hall–Kier alpha value is -1.79. The van der Waals surface area contributed by atoms with E-state index in [1.807, 2.05) is 39.0 Å². The van der Waals surface area contributed by atoms with Crippen LogP contribution in [-0.2, 0) is 14.3 Å². The molecule has 0 saturated carbocycles. The maximum atomic E-state index is 12.1. The van der Waals surface area contributed by atoms with Crippen molar-refractivity contribution in [2.75, 3.05) is 6.61 Å². The van der Waals surface area contributed by atoms with Crippen LogP contribution in [0.3, 0.4) is 0 Å². The van der Waals surface area contributed by atoms with Crippen molar-refractivity contribution in [3.63, 3.8) is 0 Å². The second kappa shape index (κ2) is 9.15. The Bertz CT molecular complexity index is 830. The highest BCUT2D eigenvalue weighted by Crippen LogP contribution is 2.42. The van der Waals surface area contributed by atoms with Gasteiger partial charge < -0.3 is 19.7 Å². The summed E-state index contributed by atoms with van der Waals surface area (Å²) >= 11 is 0. The molecule has 0 bridgehead atoms. The first kappa shape index (κ1) is 22.9. The number of hydrogen-bond donors (Lipinski definition) is 2. The van der Waals surface area contributed by atoms with Crippen molar-refractivity contribution in [3.05, 3.63) is 58.7 Å². The maximum Gasteiger partial charge on any atom is 0.209 e. The lowest BCUT2D eigenvalue weighted by atomic mass is 9.79. The largest absolute Gasteiger partial charge is 0.392 e. The van der Waals surface area contributed by atoms with Crippen molar-refractivity contribution in [3.8, 4) is 0 Å². The average Bonchev–Trinajstić information content (AvgIpc) is 2.66. The molecule has 0 unspecified atom stereocenters. The van der Waals surface area contributed by atoms with Gasteiger partial charge >= 0.3 is 0 Å². The summed E-state index contributed by atoms with van der Waals surface area (Å²) in [4.78, 5) is 12.1.